The Morgan fingerprint density at radius 2 is 1.90 bits per heavy atom. The minimum Gasteiger partial charge on any atom is -0.478 e. The van der Waals surface area contributed by atoms with Crippen LogP contribution in [0.4, 0.5) is 22.0 Å². The molecule has 0 spiro atoms. The number of carboxylic acids is 1. The molecule has 2 heterocycles. The Kier molecular flexibility index (Phi) is 3.62. The van der Waals surface area contributed by atoms with E-state index in [0.29, 0.717) is 23.1 Å². The minimum atomic E-state index is -4.62. The van der Waals surface area contributed by atoms with Crippen LogP contribution in [0.25, 0.3) is 5.82 Å². The average molecular weight is 307 g/mol. The molecule has 2 rings (SSSR count). The maximum Gasteiger partial charge on any atom is 0.417 e. The predicted molar refractivity (Wildman–Crippen MR) is 58.3 cm³/mol. The third-order valence-electron chi connectivity index (χ3n) is 2.54. The lowest BCUT2D eigenvalue weighted by Gasteiger charge is -2.09. The highest BCUT2D eigenvalue weighted by molar-refractivity contribution is 5.88. The van der Waals surface area contributed by atoms with Gasteiger partial charge < -0.3 is 5.11 Å². The molecule has 0 saturated carbocycles. The van der Waals surface area contributed by atoms with E-state index in [4.69, 9.17) is 5.11 Å². The van der Waals surface area contributed by atoms with E-state index < -0.39 is 35.4 Å². The van der Waals surface area contributed by atoms with Gasteiger partial charge in [0, 0.05) is 6.20 Å². The molecule has 112 valence electrons. The van der Waals surface area contributed by atoms with Crippen molar-refractivity contribution in [3.05, 3.63) is 41.3 Å². The van der Waals surface area contributed by atoms with Gasteiger partial charge >= 0.3 is 12.1 Å². The van der Waals surface area contributed by atoms with Crippen molar-refractivity contribution in [3.8, 4) is 5.82 Å². The standard InChI is InChI=1S/C11H6F5N3O2/c12-9(13)8-6(10(20)21)4-18-19(8)7-2-1-5(3-17-7)11(14,15)16/h1-4,9H,(H,20,21). The van der Waals surface area contributed by atoms with E-state index in [1.165, 1.54) is 0 Å². The number of aromatic carboxylic acids is 1. The second-order valence-corrected chi connectivity index (χ2v) is 3.86. The number of carboxylic acid groups (broad SMARTS) is 1. The second-order valence-electron chi connectivity index (χ2n) is 3.86. The van der Waals surface area contributed by atoms with Gasteiger partial charge in [0.2, 0.25) is 0 Å². The number of halogens is 5. The summed E-state index contributed by atoms with van der Waals surface area (Å²) in [6.45, 7) is 0. The predicted octanol–water partition coefficient (Wildman–Crippen LogP) is 2.92. The maximum absolute atomic E-state index is 12.9. The molecule has 2 aromatic rings. The first-order valence-electron chi connectivity index (χ1n) is 5.35. The van der Waals surface area contributed by atoms with Gasteiger partial charge in [0.1, 0.15) is 11.3 Å². The molecule has 0 aliphatic rings. The van der Waals surface area contributed by atoms with E-state index in [-0.39, 0.29) is 5.82 Å². The molecule has 0 amide bonds. The van der Waals surface area contributed by atoms with Crippen LogP contribution in [0.1, 0.15) is 28.0 Å². The first-order valence-corrected chi connectivity index (χ1v) is 5.35. The maximum atomic E-state index is 12.9. The lowest BCUT2D eigenvalue weighted by Crippen LogP contribution is -2.10. The van der Waals surface area contributed by atoms with Crippen molar-refractivity contribution in [1.29, 1.82) is 0 Å². The molecule has 0 atom stereocenters. The van der Waals surface area contributed by atoms with Crippen LogP contribution in [0.2, 0.25) is 0 Å². The van der Waals surface area contributed by atoms with Crippen LogP contribution in [0, 0.1) is 0 Å². The Morgan fingerprint density at radius 1 is 1.24 bits per heavy atom. The fourth-order valence-electron chi connectivity index (χ4n) is 1.59. The number of hydrogen-bond acceptors (Lipinski definition) is 3. The van der Waals surface area contributed by atoms with Gasteiger partial charge in [0.25, 0.3) is 6.43 Å². The number of hydrogen-bond donors (Lipinski definition) is 1. The van der Waals surface area contributed by atoms with Crippen LogP contribution in [0.3, 0.4) is 0 Å². The number of nitrogens with zero attached hydrogens (tertiary/aromatic N) is 3. The average Bonchev–Trinajstić information content (AvgIpc) is 2.82. The molecule has 21 heavy (non-hydrogen) atoms. The normalized spacial score (nSPS) is 11.9. The van der Waals surface area contributed by atoms with Gasteiger partial charge in [-0.25, -0.2) is 23.2 Å². The second kappa shape index (κ2) is 5.11. The number of aromatic nitrogens is 3. The molecule has 0 fully saturated rings. The Hall–Kier alpha value is -2.52. The topological polar surface area (TPSA) is 68.0 Å². The van der Waals surface area contributed by atoms with Crippen molar-refractivity contribution in [3.63, 3.8) is 0 Å². The lowest BCUT2D eigenvalue weighted by molar-refractivity contribution is -0.137. The van der Waals surface area contributed by atoms with Crippen molar-refractivity contribution < 1.29 is 31.9 Å². The van der Waals surface area contributed by atoms with Crippen molar-refractivity contribution in [2.75, 3.05) is 0 Å². The first kappa shape index (κ1) is 14.9. The zero-order chi connectivity index (χ0) is 15.8. The zero-order valence-electron chi connectivity index (χ0n) is 9.97. The van der Waals surface area contributed by atoms with Gasteiger partial charge in [0.15, 0.2) is 5.82 Å². The summed E-state index contributed by atoms with van der Waals surface area (Å²) >= 11 is 0. The summed E-state index contributed by atoms with van der Waals surface area (Å²) in [4.78, 5) is 14.2. The van der Waals surface area contributed by atoms with Gasteiger partial charge in [-0.05, 0) is 12.1 Å². The van der Waals surface area contributed by atoms with Crippen molar-refractivity contribution in [2.45, 2.75) is 12.6 Å². The minimum absolute atomic E-state index is 0.342. The molecule has 10 heteroatoms. The van der Waals surface area contributed by atoms with E-state index in [2.05, 4.69) is 10.1 Å². The molecule has 0 saturated heterocycles. The number of pyridine rings is 1. The van der Waals surface area contributed by atoms with Crippen LogP contribution in [-0.4, -0.2) is 25.8 Å². The lowest BCUT2D eigenvalue weighted by atomic mass is 10.2. The molecule has 0 aromatic carbocycles. The van der Waals surface area contributed by atoms with Crippen LogP contribution in [0.5, 0.6) is 0 Å². The summed E-state index contributed by atoms with van der Waals surface area (Å²) in [5.74, 6) is -1.96. The smallest absolute Gasteiger partial charge is 0.417 e. The van der Waals surface area contributed by atoms with Gasteiger partial charge in [-0.15, -0.1) is 0 Å². The molecule has 0 aliphatic carbocycles. The van der Waals surface area contributed by atoms with Gasteiger partial charge in [-0.1, -0.05) is 0 Å². The van der Waals surface area contributed by atoms with E-state index >= 15 is 0 Å². The number of rotatable bonds is 3. The highest BCUT2D eigenvalue weighted by atomic mass is 19.4. The Morgan fingerprint density at radius 3 is 2.33 bits per heavy atom. The molecule has 0 radical (unpaired) electrons. The first-order chi connectivity index (χ1) is 9.71. The van der Waals surface area contributed by atoms with E-state index in [1.54, 1.807) is 0 Å². The molecular formula is C11H6F5N3O2. The van der Waals surface area contributed by atoms with Crippen molar-refractivity contribution in [1.82, 2.24) is 14.8 Å². The summed E-state index contributed by atoms with van der Waals surface area (Å²) < 4.78 is 63.4. The van der Waals surface area contributed by atoms with Gasteiger partial charge in [0.05, 0.1) is 11.8 Å². The molecule has 0 aliphatic heterocycles. The fourth-order valence-corrected chi connectivity index (χ4v) is 1.59. The molecule has 2 aromatic heterocycles. The quantitative estimate of drug-likeness (QED) is 0.885. The molecule has 0 unspecified atom stereocenters. The number of alkyl halides is 5. The molecule has 5 nitrogen and oxygen atoms in total. The van der Waals surface area contributed by atoms with Gasteiger partial charge in [-0.2, -0.15) is 18.3 Å². The monoisotopic (exact) mass is 307 g/mol. The largest absolute Gasteiger partial charge is 0.478 e. The fraction of sp³-hybridized carbons (Fsp3) is 0.182. The van der Waals surface area contributed by atoms with Crippen LogP contribution in [-0.2, 0) is 6.18 Å². The Labute approximate surface area is 113 Å². The van der Waals surface area contributed by atoms with E-state index in [1.807, 2.05) is 0 Å². The molecule has 1 N–H and O–H groups in total. The van der Waals surface area contributed by atoms with Crippen molar-refractivity contribution >= 4 is 5.97 Å². The summed E-state index contributed by atoms with van der Waals surface area (Å²) in [6.07, 6.45) is -6.66. The Bertz CT molecular complexity index is 663. The molecule has 0 bridgehead atoms. The summed E-state index contributed by atoms with van der Waals surface area (Å²) in [6, 6.07) is 1.47. The van der Waals surface area contributed by atoms with Crippen molar-refractivity contribution in [2.24, 2.45) is 0 Å². The van der Waals surface area contributed by atoms with Crippen LogP contribution < -0.4 is 0 Å². The molecular weight excluding hydrogens is 301 g/mol. The third kappa shape index (κ3) is 2.83. The van der Waals surface area contributed by atoms with E-state index in [9.17, 15) is 26.7 Å². The Balaban J connectivity index is 2.50. The highest BCUT2D eigenvalue weighted by Crippen LogP contribution is 2.30. The summed E-state index contributed by atoms with van der Waals surface area (Å²) in [5.41, 5.74) is -2.75. The van der Waals surface area contributed by atoms with Crippen LogP contribution >= 0.6 is 0 Å². The third-order valence-corrected chi connectivity index (χ3v) is 2.54. The SMILES string of the molecule is O=C(O)c1cnn(-c2ccc(C(F)(F)F)cn2)c1C(F)F. The number of carbonyl (C=O) groups is 1. The highest BCUT2D eigenvalue weighted by Gasteiger charge is 2.31. The summed E-state index contributed by atoms with van der Waals surface area (Å²) in [7, 11) is 0. The zero-order valence-corrected chi connectivity index (χ0v) is 9.97. The van der Waals surface area contributed by atoms with E-state index in [0.717, 1.165) is 6.07 Å². The van der Waals surface area contributed by atoms with Gasteiger partial charge in [-0.3, -0.25) is 0 Å². The summed E-state index contributed by atoms with van der Waals surface area (Å²) in [5, 5.41) is 12.2. The van der Waals surface area contributed by atoms with Crippen LogP contribution in [0.15, 0.2) is 24.5 Å².